The van der Waals surface area contributed by atoms with Gasteiger partial charge in [0.1, 0.15) is 5.82 Å². The first-order valence-electron chi connectivity index (χ1n) is 5.90. The van der Waals surface area contributed by atoms with Crippen LogP contribution in [-0.4, -0.2) is 45.5 Å². The molecular formula is C12H13ClFNO4S. The van der Waals surface area contributed by atoms with Crippen LogP contribution in [0.2, 0.25) is 0 Å². The molecule has 1 saturated heterocycles. The molecule has 1 aliphatic heterocycles. The molecule has 8 heteroatoms. The first-order valence-corrected chi connectivity index (χ1v) is 8.21. The lowest BCUT2D eigenvalue weighted by atomic mass is 10.1. The third-order valence-electron chi connectivity index (χ3n) is 3.21. The monoisotopic (exact) mass is 321 g/mol. The topological polar surface area (TPSA) is 63.7 Å². The summed E-state index contributed by atoms with van der Waals surface area (Å²) in [6, 6.07) is 2.66. The Morgan fingerprint density at radius 1 is 1.50 bits per heavy atom. The molecular weight excluding hydrogens is 309 g/mol. The van der Waals surface area contributed by atoms with E-state index in [1.165, 1.54) is 11.9 Å². The minimum atomic E-state index is -4.13. The molecule has 1 fully saturated rings. The van der Waals surface area contributed by atoms with Crippen LogP contribution in [0.4, 0.5) is 4.39 Å². The Hall–Kier alpha value is -1.18. The van der Waals surface area contributed by atoms with Crippen LogP contribution >= 0.6 is 10.7 Å². The van der Waals surface area contributed by atoms with E-state index in [1.54, 1.807) is 0 Å². The van der Waals surface area contributed by atoms with Crippen molar-refractivity contribution in [2.45, 2.75) is 17.4 Å². The van der Waals surface area contributed by atoms with Crippen molar-refractivity contribution in [2.24, 2.45) is 0 Å². The Labute approximate surface area is 120 Å². The van der Waals surface area contributed by atoms with Gasteiger partial charge in [0.2, 0.25) is 0 Å². The van der Waals surface area contributed by atoms with Gasteiger partial charge < -0.3 is 9.64 Å². The summed E-state index contributed by atoms with van der Waals surface area (Å²) >= 11 is 0. The van der Waals surface area contributed by atoms with Gasteiger partial charge in [0.15, 0.2) is 0 Å². The highest BCUT2D eigenvalue weighted by atomic mass is 35.7. The fourth-order valence-electron chi connectivity index (χ4n) is 2.07. The second-order valence-electron chi connectivity index (χ2n) is 4.51. The smallest absolute Gasteiger partial charge is 0.262 e. The summed E-state index contributed by atoms with van der Waals surface area (Å²) in [5.74, 6) is -1.30. The Morgan fingerprint density at radius 3 is 2.75 bits per heavy atom. The molecule has 0 bridgehead atoms. The lowest BCUT2D eigenvalue weighted by molar-refractivity contribution is 0.0707. The van der Waals surface area contributed by atoms with Gasteiger partial charge in [-0.1, -0.05) is 0 Å². The second kappa shape index (κ2) is 5.67. The standard InChI is InChI=1S/C12H13ClFNO4S/c1-15(9-4-5-19-7-9)12(16)10-6-8(14)2-3-11(10)20(13,17)18/h2-3,6,9H,4-5,7H2,1H3. The molecule has 1 aromatic rings. The number of likely N-dealkylation sites (N-methyl/N-ethyl adjacent to an activating group) is 1. The molecule has 110 valence electrons. The van der Waals surface area contributed by atoms with Gasteiger partial charge in [-0.05, 0) is 24.6 Å². The van der Waals surface area contributed by atoms with Gasteiger partial charge in [0.25, 0.3) is 15.0 Å². The first kappa shape index (κ1) is 15.2. The molecule has 0 N–H and O–H groups in total. The summed E-state index contributed by atoms with van der Waals surface area (Å²) in [6.45, 7) is 0.909. The highest BCUT2D eigenvalue weighted by Gasteiger charge is 2.29. The van der Waals surface area contributed by atoms with Crippen molar-refractivity contribution in [2.75, 3.05) is 20.3 Å². The molecule has 0 spiro atoms. The summed E-state index contributed by atoms with van der Waals surface area (Å²) in [5, 5.41) is 0. The van der Waals surface area contributed by atoms with Crippen molar-refractivity contribution >= 4 is 25.6 Å². The van der Waals surface area contributed by atoms with Crippen molar-refractivity contribution in [1.82, 2.24) is 4.90 Å². The SMILES string of the molecule is CN(C(=O)c1cc(F)ccc1S(=O)(=O)Cl)C1CCOC1. The van der Waals surface area contributed by atoms with Gasteiger partial charge in [0, 0.05) is 24.3 Å². The Morgan fingerprint density at radius 2 is 2.20 bits per heavy atom. The summed E-state index contributed by atoms with van der Waals surface area (Å²) in [7, 11) is 2.68. The summed E-state index contributed by atoms with van der Waals surface area (Å²) in [5.41, 5.74) is -0.269. The number of carbonyl (C=O) groups is 1. The maximum absolute atomic E-state index is 13.3. The molecule has 1 heterocycles. The predicted molar refractivity (Wildman–Crippen MR) is 70.8 cm³/mol. The normalized spacial score (nSPS) is 19.1. The molecule has 0 aliphatic carbocycles. The molecule has 2 rings (SSSR count). The van der Waals surface area contributed by atoms with Gasteiger partial charge in [-0.3, -0.25) is 4.79 Å². The van der Waals surface area contributed by atoms with Gasteiger partial charge in [0.05, 0.1) is 23.1 Å². The fourth-order valence-corrected chi connectivity index (χ4v) is 3.11. The number of rotatable bonds is 3. The van der Waals surface area contributed by atoms with Crippen molar-refractivity contribution in [3.8, 4) is 0 Å². The van der Waals surface area contributed by atoms with Crippen LogP contribution in [0.1, 0.15) is 16.8 Å². The first-order chi connectivity index (χ1) is 9.30. The van der Waals surface area contributed by atoms with Crippen molar-refractivity contribution < 1.29 is 22.3 Å². The zero-order valence-electron chi connectivity index (χ0n) is 10.7. The van der Waals surface area contributed by atoms with E-state index in [1.807, 2.05) is 0 Å². The molecule has 1 unspecified atom stereocenters. The summed E-state index contributed by atoms with van der Waals surface area (Å²) < 4.78 is 41.4. The quantitative estimate of drug-likeness (QED) is 0.794. The number of hydrogen-bond donors (Lipinski definition) is 0. The van der Waals surface area contributed by atoms with Crippen LogP contribution in [-0.2, 0) is 13.8 Å². The maximum atomic E-state index is 13.3. The van der Waals surface area contributed by atoms with E-state index in [0.717, 1.165) is 18.2 Å². The Kier molecular flexibility index (Phi) is 4.31. The molecule has 5 nitrogen and oxygen atoms in total. The van der Waals surface area contributed by atoms with Crippen LogP contribution in [0.15, 0.2) is 23.1 Å². The van der Waals surface area contributed by atoms with E-state index in [-0.39, 0.29) is 11.6 Å². The van der Waals surface area contributed by atoms with Crippen LogP contribution < -0.4 is 0 Å². The number of amides is 1. The van der Waals surface area contributed by atoms with Gasteiger partial charge >= 0.3 is 0 Å². The van der Waals surface area contributed by atoms with E-state index in [2.05, 4.69) is 0 Å². The largest absolute Gasteiger partial charge is 0.379 e. The van der Waals surface area contributed by atoms with Crippen LogP contribution in [0, 0.1) is 5.82 Å². The average molecular weight is 322 g/mol. The molecule has 0 radical (unpaired) electrons. The van der Waals surface area contributed by atoms with Gasteiger partial charge in [-0.15, -0.1) is 0 Å². The van der Waals surface area contributed by atoms with Crippen molar-refractivity contribution in [3.05, 3.63) is 29.6 Å². The van der Waals surface area contributed by atoms with E-state index < -0.39 is 25.7 Å². The fraction of sp³-hybridized carbons (Fsp3) is 0.417. The zero-order chi connectivity index (χ0) is 14.9. The van der Waals surface area contributed by atoms with E-state index in [0.29, 0.717) is 19.6 Å². The molecule has 1 aromatic carbocycles. The predicted octanol–water partition coefficient (Wildman–Crippen LogP) is 1.61. The van der Waals surface area contributed by atoms with Crippen LogP contribution in [0.5, 0.6) is 0 Å². The maximum Gasteiger partial charge on any atom is 0.262 e. The molecule has 0 aromatic heterocycles. The van der Waals surface area contributed by atoms with Crippen molar-refractivity contribution in [3.63, 3.8) is 0 Å². The number of benzene rings is 1. The van der Waals surface area contributed by atoms with Gasteiger partial charge in [-0.2, -0.15) is 0 Å². The molecule has 1 aliphatic rings. The Bertz CT molecular complexity index is 628. The lowest BCUT2D eigenvalue weighted by Crippen LogP contribution is -2.37. The minimum absolute atomic E-state index is 0.156. The summed E-state index contributed by atoms with van der Waals surface area (Å²) in [6.07, 6.45) is 0.653. The number of hydrogen-bond acceptors (Lipinski definition) is 4. The van der Waals surface area contributed by atoms with Crippen molar-refractivity contribution in [1.29, 1.82) is 0 Å². The van der Waals surface area contributed by atoms with E-state index in [4.69, 9.17) is 15.4 Å². The molecule has 1 amide bonds. The molecule has 0 saturated carbocycles. The molecule has 20 heavy (non-hydrogen) atoms. The highest BCUT2D eigenvalue weighted by molar-refractivity contribution is 8.13. The van der Waals surface area contributed by atoms with Crippen LogP contribution in [0.25, 0.3) is 0 Å². The Balaban J connectivity index is 2.40. The van der Waals surface area contributed by atoms with Gasteiger partial charge in [-0.25, -0.2) is 12.8 Å². The minimum Gasteiger partial charge on any atom is -0.379 e. The number of ether oxygens (including phenoxy) is 1. The second-order valence-corrected chi connectivity index (χ2v) is 7.05. The average Bonchev–Trinajstić information content (AvgIpc) is 2.89. The summed E-state index contributed by atoms with van der Waals surface area (Å²) in [4.78, 5) is 13.3. The number of nitrogens with zero attached hydrogens (tertiary/aromatic N) is 1. The molecule has 1 atom stereocenters. The van der Waals surface area contributed by atoms with E-state index in [9.17, 15) is 17.6 Å². The third-order valence-corrected chi connectivity index (χ3v) is 4.59. The number of carbonyl (C=O) groups excluding carboxylic acids is 1. The highest BCUT2D eigenvalue weighted by Crippen LogP contribution is 2.24. The lowest BCUT2D eigenvalue weighted by Gasteiger charge is -2.23. The van der Waals surface area contributed by atoms with E-state index >= 15 is 0 Å². The number of halogens is 2. The third kappa shape index (κ3) is 3.11. The zero-order valence-corrected chi connectivity index (χ0v) is 12.2. The van der Waals surface area contributed by atoms with Crippen LogP contribution in [0.3, 0.4) is 0 Å².